The third-order valence-corrected chi connectivity index (χ3v) is 4.07. The van der Waals surface area contributed by atoms with E-state index in [-0.39, 0.29) is 17.9 Å². The zero-order chi connectivity index (χ0) is 13.1. The Bertz CT molecular complexity index is 326. The number of carbonyl (C=O) groups excluding carboxylic acids is 2. The Hall–Kier alpha value is -1.06. The average molecular weight is 252 g/mol. The zero-order valence-corrected chi connectivity index (χ0v) is 11.4. The lowest BCUT2D eigenvalue weighted by molar-refractivity contribution is -0.134. The Morgan fingerprint density at radius 3 is 2.72 bits per heavy atom. The Morgan fingerprint density at radius 2 is 2.11 bits per heavy atom. The summed E-state index contributed by atoms with van der Waals surface area (Å²) in [5, 5.41) is 2.85. The number of rotatable bonds is 5. The van der Waals surface area contributed by atoms with Crippen molar-refractivity contribution in [3.8, 4) is 0 Å². The van der Waals surface area contributed by atoms with E-state index in [0.29, 0.717) is 18.9 Å². The van der Waals surface area contributed by atoms with Crippen LogP contribution in [0.1, 0.15) is 46.0 Å². The number of hydrogen-bond donors (Lipinski definition) is 1. The van der Waals surface area contributed by atoms with Crippen LogP contribution in [0.25, 0.3) is 0 Å². The van der Waals surface area contributed by atoms with Crippen LogP contribution >= 0.6 is 0 Å². The number of carbonyl (C=O) groups is 2. The van der Waals surface area contributed by atoms with Gasteiger partial charge in [-0.1, -0.05) is 20.3 Å². The van der Waals surface area contributed by atoms with Crippen molar-refractivity contribution in [2.45, 2.75) is 52.0 Å². The summed E-state index contributed by atoms with van der Waals surface area (Å²) in [4.78, 5) is 25.9. The molecule has 2 atom stereocenters. The number of amides is 2. The highest BCUT2D eigenvalue weighted by Gasteiger charge is 2.33. The molecule has 1 aliphatic heterocycles. The maximum atomic E-state index is 12.4. The van der Waals surface area contributed by atoms with Crippen LogP contribution < -0.4 is 5.32 Å². The Labute approximate surface area is 109 Å². The predicted molar refractivity (Wildman–Crippen MR) is 69.9 cm³/mol. The van der Waals surface area contributed by atoms with Gasteiger partial charge < -0.3 is 10.2 Å². The van der Waals surface area contributed by atoms with Crippen molar-refractivity contribution in [1.29, 1.82) is 0 Å². The van der Waals surface area contributed by atoms with Crippen molar-refractivity contribution in [3.63, 3.8) is 0 Å². The van der Waals surface area contributed by atoms with Gasteiger partial charge in [-0.2, -0.15) is 0 Å². The van der Waals surface area contributed by atoms with Gasteiger partial charge >= 0.3 is 0 Å². The highest BCUT2D eigenvalue weighted by molar-refractivity contribution is 5.89. The molecule has 4 heteroatoms. The van der Waals surface area contributed by atoms with E-state index in [4.69, 9.17) is 0 Å². The molecule has 0 spiro atoms. The first-order valence-corrected chi connectivity index (χ1v) is 7.20. The van der Waals surface area contributed by atoms with E-state index < -0.39 is 0 Å². The molecule has 102 valence electrons. The maximum Gasteiger partial charge on any atom is 0.245 e. The second kappa shape index (κ2) is 5.72. The zero-order valence-electron chi connectivity index (χ0n) is 11.4. The summed E-state index contributed by atoms with van der Waals surface area (Å²) < 4.78 is 0. The van der Waals surface area contributed by atoms with E-state index in [1.165, 1.54) is 12.8 Å². The Morgan fingerprint density at radius 1 is 1.39 bits per heavy atom. The molecule has 2 aliphatic rings. The van der Waals surface area contributed by atoms with Gasteiger partial charge in [0.1, 0.15) is 6.04 Å². The standard InChI is InChI=1S/C14H24N2O2/c1-3-4-12-14(18)16(8-7-13(17)15-12)9-10(2)11-5-6-11/h10-12H,3-9H2,1-2H3,(H,15,17). The Balaban J connectivity index is 1.98. The van der Waals surface area contributed by atoms with E-state index in [2.05, 4.69) is 12.2 Å². The van der Waals surface area contributed by atoms with Crippen LogP contribution in [0.4, 0.5) is 0 Å². The summed E-state index contributed by atoms with van der Waals surface area (Å²) >= 11 is 0. The fourth-order valence-corrected chi connectivity index (χ4v) is 2.72. The minimum Gasteiger partial charge on any atom is -0.344 e. The summed E-state index contributed by atoms with van der Waals surface area (Å²) in [7, 11) is 0. The molecule has 0 aromatic heterocycles. The van der Waals surface area contributed by atoms with Crippen molar-refractivity contribution >= 4 is 11.8 Å². The molecular formula is C14H24N2O2. The van der Waals surface area contributed by atoms with Gasteiger partial charge in [-0.15, -0.1) is 0 Å². The van der Waals surface area contributed by atoms with Gasteiger partial charge in [0.05, 0.1) is 0 Å². The number of nitrogens with zero attached hydrogens (tertiary/aromatic N) is 1. The van der Waals surface area contributed by atoms with E-state index in [1.54, 1.807) is 0 Å². The third kappa shape index (κ3) is 3.24. The molecule has 18 heavy (non-hydrogen) atoms. The van der Waals surface area contributed by atoms with E-state index >= 15 is 0 Å². The molecule has 2 fully saturated rings. The summed E-state index contributed by atoms with van der Waals surface area (Å²) in [6, 6.07) is -0.295. The van der Waals surface area contributed by atoms with Crippen LogP contribution in [0.5, 0.6) is 0 Å². The minimum atomic E-state index is -0.295. The largest absolute Gasteiger partial charge is 0.344 e. The molecule has 4 nitrogen and oxygen atoms in total. The van der Waals surface area contributed by atoms with Crippen LogP contribution in [-0.4, -0.2) is 35.8 Å². The molecule has 2 unspecified atom stereocenters. The lowest BCUT2D eigenvalue weighted by Crippen LogP contribution is -2.45. The van der Waals surface area contributed by atoms with E-state index in [9.17, 15) is 9.59 Å². The van der Waals surface area contributed by atoms with Crippen molar-refractivity contribution < 1.29 is 9.59 Å². The molecule has 2 amide bonds. The molecular weight excluding hydrogens is 228 g/mol. The predicted octanol–water partition coefficient (Wildman–Crippen LogP) is 1.55. The molecule has 1 N–H and O–H groups in total. The molecule has 1 saturated heterocycles. The van der Waals surface area contributed by atoms with Crippen molar-refractivity contribution in [1.82, 2.24) is 10.2 Å². The van der Waals surface area contributed by atoms with Crippen LogP contribution in [0, 0.1) is 11.8 Å². The van der Waals surface area contributed by atoms with E-state index in [0.717, 1.165) is 25.3 Å². The fraction of sp³-hybridized carbons (Fsp3) is 0.857. The van der Waals surface area contributed by atoms with Crippen molar-refractivity contribution in [2.24, 2.45) is 11.8 Å². The monoisotopic (exact) mass is 252 g/mol. The normalized spacial score (nSPS) is 26.8. The molecule has 0 aromatic rings. The molecule has 2 rings (SSSR count). The van der Waals surface area contributed by atoms with Gasteiger partial charge in [0.2, 0.25) is 11.8 Å². The van der Waals surface area contributed by atoms with Crippen LogP contribution in [-0.2, 0) is 9.59 Å². The molecule has 0 bridgehead atoms. The molecule has 1 heterocycles. The fourth-order valence-electron chi connectivity index (χ4n) is 2.72. The minimum absolute atomic E-state index is 0.0170. The van der Waals surface area contributed by atoms with Crippen molar-refractivity contribution in [2.75, 3.05) is 13.1 Å². The van der Waals surface area contributed by atoms with Crippen LogP contribution in [0.3, 0.4) is 0 Å². The first-order chi connectivity index (χ1) is 8.61. The smallest absolute Gasteiger partial charge is 0.245 e. The van der Waals surface area contributed by atoms with Gasteiger partial charge in [0, 0.05) is 19.5 Å². The molecule has 0 radical (unpaired) electrons. The summed E-state index contributed by atoms with van der Waals surface area (Å²) in [5.41, 5.74) is 0. The lowest BCUT2D eigenvalue weighted by Gasteiger charge is -2.26. The highest BCUT2D eigenvalue weighted by atomic mass is 16.2. The van der Waals surface area contributed by atoms with Gasteiger partial charge in [0.25, 0.3) is 0 Å². The quantitative estimate of drug-likeness (QED) is 0.807. The molecule has 1 saturated carbocycles. The van der Waals surface area contributed by atoms with Gasteiger partial charge in [-0.3, -0.25) is 9.59 Å². The molecule has 1 aliphatic carbocycles. The maximum absolute atomic E-state index is 12.4. The Kier molecular flexibility index (Phi) is 4.25. The van der Waals surface area contributed by atoms with Crippen molar-refractivity contribution in [3.05, 3.63) is 0 Å². The average Bonchev–Trinajstić information content (AvgIpc) is 3.16. The lowest BCUT2D eigenvalue weighted by atomic mass is 10.0. The van der Waals surface area contributed by atoms with Gasteiger partial charge in [-0.05, 0) is 31.1 Å². The summed E-state index contributed by atoms with van der Waals surface area (Å²) in [6.07, 6.45) is 4.72. The first-order valence-electron chi connectivity index (χ1n) is 7.20. The SMILES string of the molecule is CCCC1NC(=O)CCN(CC(C)C2CC2)C1=O. The second-order valence-corrected chi connectivity index (χ2v) is 5.76. The van der Waals surface area contributed by atoms with E-state index in [1.807, 2.05) is 11.8 Å². The first kappa shape index (κ1) is 13.4. The topological polar surface area (TPSA) is 49.4 Å². The summed E-state index contributed by atoms with van der Waals surface area (Å²) in [6.45, 7) is 5.67. The van der Waals surface area contributed by atoms with Crippen LogP contribution in [0.2, 0.25) is 0 Å². The highest BCUT2D eigenvalue weighted by Crippen LogP contribution is 2.37. The molecule has 0 aromatic carbocycles. The second-order valence-electron chi connectivity index (χ2n) is 5.76. The summed E-state index contributed by atoms with van der Waals surface area (Å²) in [5.74, 6) is 1.51. The number of hydrogen-bond acceptors (Lipinski definition) is 2. The number of nitrogens with one attached hydrogen (secondary N) is 1. The third-order valence-electron chi connectivity index (χ3n) is 4.07. The van der Waals surface area contributed by atoms with Gasteiger partial charge in [-0.25, -0.2) is 0 Å². The van der Waals surface area contributed by atoms with Crippen LogP contribution in [0.15, 0.2) is 0 Å². The van der Waals surface area contributed by atoms with Gasteiger partial charge in [0.15, 0.2) is 0 Å².